The van der Waals surface area contributed by atoms with Crippen LogP contribution < -0.4 is 4.90 Å². The summed E-state index contributed by atoms with van der Waals surface area (Å²) in [6.07, 6.45) is 0. The third-order valence-corrected chi connectivity index (χ3v) is 7.23. The number of aryl methyl sites for hydroxylation is 3. The standard InChI is InChI=1S/C27H21ClN2O3S/c1-14-4-6-18(7-5-14)24(31)21-23(17-8-10-19(28)11-9-17)30(26(33)25(21)32)27-29-22-16(3)12-15(2)13-20(22)34-27/h4-13,23,31H,1-3H3. The largest absolute Gasteiger partial charge is 0.507 e. The number of aliphatic hydroxyl groups is 1. The van der Waals surface area contributed by atoms with E-state index in [1.54, 1.807) is 36.4 Å². The van der Waals surface area contributed by atoms with Gasteiger partial charge in [-0.2, -0.15) is 0 Å². The maximum Gasteiger partial charge on any atom is 0.301 e. The predicted molar refractivity (Wildman–Crippen MR) is 137 cm³/mol. The second kappa shape index (κ2) is 8.38. The zero-order valence-electron chi connectivity index (χ0n) is 18.8. The highest BCUT2D eigenvalue weighted by molar-refractivity contribution is 7.22. The van der Waals surface area contributed by atoms with E-state index in [0.717, 1.165) is 26.9 Å². The highest BCUT2D eigenvalue weighted by atomic mass is 35.5. The summed E-state index contributed by atoms with van der Waals surface area (Å²) in [6, 6.07) is 17.3. The van der Waals surface area contributed by atoms with Crippen LogP contribution >= 0.6 is 22.9 Å². The lowest BCUT2D eigenvalue weighted by Crippen LogP contribution is -2.29. The van der Waals surface area contributed by atoms with Crippen molar-refractivity contribution in [2.45, 2.75) is 26.8 Å². The van der Waals surface area contributed by atoms with Crippen LogP contribution in [0.1, 0.15) is 33.9 Å². The monoisotopic (exact) mass is 488 g/mol. The van der Waals surface area contributed by atoms with Gasteiger partial charge in [0, 0.05) is 10.6 Å². The molecule has 0 spiro atoms. The van der Waals surface area contributed by atoms with Crippen molar-refractivity contribution in [1.82, 2.24) is 4.98 Å². The number of amides is 1. The van der Waals surface area contributed by atoms with Crippen molar-refractivity contribution in [3.63, 3.8) is 0 Å². The minimum atomic E-state index is -0.833. The molecule has 4 aromatic rings. The highest BCUT2D eigenvalue weighted by Gasteiger charge is 2.48. The molecular weight excluding hydrogens is 468 g/mol. The van der Waals surface area contributed by atoms with Crippen molar-refractivity contribution < 1.29 is 14.7 Å². The molecule has 7 heteroatoms. The molecule has 1 saturated heterocycles. The van der Waals surface area contributed by atoms with Crippen molar-refractivity contribution in [2.75, 3.05) is 4.90 Å². The smallest absolute Gasteiger partial charge is 0.301 e. The number of halogens is 1. The number of aromatic nitrogens is 1. The van der Waals surface area contributed by atoms with Crippen LogP contribution in [0.2, 0.25) is 5.02 Å². The minimum absolute atomic E-state index is 0.0309. The van der Waals surface area contributed by atoms with Crippen molar-refractivity contribution in [2.24, 2.45) is 0 Å². The fraction of sp³-hybridized carbons (Fsp3) is 0.148. The van der Waals surface area contributed by atoms with E-state index >= 15 is 0 Å². The van der Waals surface area contributed by atoms with Gasteiger partial charge in [-0.3, -0.25) is 14.5 Å². The number of anilines is 1. The van der Waals surface area contributed by atoms with Crippen LogP contribution in [0.25, 0.3) is 16.0 Å². The normalized spacial score (nSPS) is 17.6. The van der Waals surface area contributed by atoms with Crippen LogP contribution in [0.5, 0.6) is 0 Å². The Balaban J connectivity index is 1.74. The van der Waals surface area contributed by atoms with Gasteiger partial charge in [0.2, 0.25) is 0 Å². The highest BCUT2D eigenvalue weighted by Crippen LogP contribution is 2.44. The van der Waals surface area contributed by atoms with Gasteiger partial charge in [-0.1, -0.05) is 71.0 Å². The van der Waals surface area contributed by atoms with E-state index in [1.807, 2.05) is 45.0 Å². The van der Waals surface area contributed by atoms with Crippen LogP contribution in [-0.2, 0) is 9.59 Å². The molecular formula is C27H21ClN2O3S. The second-order valence-corrected chi connectivity index (χ2v) is 9.96. The Hall–Kier alpha value is -3.48. The molecule has 1 N–H and O–H groups in total. The third-order valence-electron chi connectivity index (χ3n) is 5.98. The van der Waals surface area contributed by atoms with E-state index in [0.29, 0.717) is 21.3 Å². The first kappa shape index (κ1) is 22.3. The lowest BCUT2D eigenvalue weighted by molar-refractivity contribution is -0.132. The number of nitrogens with zero attached hydrogens (tertiary/aromatic N) is 2. The second-order valence-electron chi connectivity index (χ2n) is 8.51. The number of hydrogen-bond donors (Lipinski definition) is 1. The average Bonchev–Trinajstić information content (AvgIpc) is 3.33. The number of rotatable bonds is 3. The molecule has 34 heavy (non-hydrogen) atoms. The Labute approximate surface area is 205 Å². The van der Waals surface area contributed by atoms with Crippen LogP contribution in [0.4, 0.5) is 5.13 Å². The summed E-state index contributed by atoms with van der Waals surface area (Å²) < 4.78 is 0.933. The molecule has 1 amide bonds. The summed E-state index contributed by atoms with van der Waals surface area (Å²) in [5, 5.41) is 12.2. The Morgan fingerprint density at radius 1 is 0.971 bits per heavy atom. The number of hydrogen-bond acceptors (Lipinski definition) is 5. The van der Waals surface area contributed by atoms with Crippen LogP contribution in [0.3, 0.4) is 0 Å². The van der Waals surface area contributed by atoms with E-state index in [2.05, 4.69) is 0 Å². The van der Waals surface area contributed by atoms with E-state index in [4.69, 9.17) is 16.6 Å². The molecule has 1 atom stereocenters. The molecule has 0 aliphatic carbocycles. The first-order valence-corrected chi connectivity index (χ1v) is 12.0. The summed E-state index contributed by atoms with van der Waals surface area (Å²) in [4.78, 5) is 32.8. The number of thiazole rings is 1. The molecule has 0 saturated carbocycles. The minimum Gasteiger partial charge on any atom is -0.507 e. The van der Waals surface area contributed by atoms with Gasteiger partial charge in [0.1, 0.15) is 5.76 Å². The maximum absolute atomic E-state index is 13.4. The first-order chi connectivity index (χ1) is 16.2. The van der Waals surface area contributed by atoms with Gasteiger partial charge < -0.3 is 5.11 Å². The van der Waals surface area contributed by atoms with Gasteiger partial charge in [0.25, 0.3) is 5.78 Å². The Kier molecular flexibility index (Phi) is 5.50. The molecule has 3 aromatic carbocycles. The van der Waals surface area contributed by atoms with Gasteiger partial charge in [0.15, 0.2) is 5.13 Å². The van der Waals surface area contributed by atoms with E-state index in [-0.39, 0.29) is 11.3 Å². The number of carbonyl (C=O) groups excluding carboxylic acids is 2. The summed E-state index contributed by atoms with van der Waals surface area (Å²) in [5.74, 6) is -1.68. The number of ketones is 1. The SMILES string of the molecule is Cc1ccc(C(O)=C2C(=O)C(=O)N(c3nc4c(C)cc(C)cc4s3)C2c2ccc(Cl)cc2)cc1. The predicted octanol–water partition coefficient (Wildman–Crippen LogP) is 6.50. The topological polar surface area (TPSA) is 70.5 Å². The fourth-order valence-corrected chi connectivity index (χ4v) is 5.61. The van der Waals surface area contributed by atoms with Crippen molar-refractivity contribution >= 4 is 55.7 Å². The Morgan fingerprint density at radius 2 is 1.65 bits per heavy atom. The van der Waals surface area contributed by atoms with Gasteiger partial charge in [0.05, 0.1) is 21.8 Å². The van der Waals surface area contributed by atoms with Gasteiger partial charge >= 0.3 is 5.91 Å². The quantitative estimate of drug-likeness (QED) is 0.203. The molecule has 0 radical (unpaired) electrons. The summed E-state index contributed by atoms with van der Waals surface area (Å²) in [5.41, 5.74) is 5.06. The molecule has 2 heterocycles. The molecule has 1 unspecified atom stereocenters. The van der Waals surface area contributed by atoms with E-state index in [9.17, 15) is 14.7 Å². The first-order valence-electron chi connectivity index (χ1n) is 10.8. The summed E-state index contributed by atoms with van der Waals surface area (Å²) in [6.45, 7) is 5.92. The van der Waals surface area contributed by atoms with Crippen molar-refractivity contribution in [1.29, 1.82) is 0 Å². The Bertz CT molecular complexity index is 1490. The van der Waals surface area contributed by atoms with Crippen LogP contribution in [0, 0.1) is 20.8 Å². The lowest BCUT2D eigenvalue weighted by Gasteiger charge is -2.23. The number of benzene rings is 3. The fourth-order valence-electron chi connectivity index (χ4n) is 4.32. The summed E-state index contributed by atoms with van der Waals surface area (Å²) in [7, 11) is 0. The van der Waals surface area contributed by atoms with Gasteiger partial charge in [-0.05, 0) is 55.7 Å². The van der Waals surface area contributed by atoms with Crippen LogP contribution in [-0.4, -0.2) is 21.8 Å². The molecule has 0 bridgehead atoms. The number of aliphatic hydroxyl groups excluding tert-OH is 1. The Morgan fingerprint density at radius 3 is 2.32 bits per heavy atom. The number of Topliss-reactive ketones (excluding diaryl/α,β-unsaturated/α-hetero) is 1. The van der Waals surface area contributed by atoms with E-state index in [1.165, 1.54) is 16.2 Å². The molecule has 5 nitrogen and oxygen atoms in total. The zero-order valence-corrected chi connectivity index (χ0v) is 20.4. The molecule has 5 rings (SSSR count). The maximum atomic E-state index is 13.4. The molecule has 170 valence electrons. The number of carbonyl (C=O) groups is 2. The lowest BCUT2D eigenvalue weighted by atomic mass is 9.95. The average molecular weight is 489 g/mol. The summed E-state index contributed by atoms with van der Waals surface area (Å²) >= 11 is 7.46. The third kappa shape index (κ3) is 3.69. The van der Waals surface area contributed by atoms with E-state index < -0.39 is 17.7 Å². The molecule has 1 aliphatic rings. The zero-order chi connectivity index (χ0) is 24.1. The van der Waals surface area contributed by atoms with Crippen molar-refractivity contribution in [3.05, 3.63) is 99.1 Å². The molecule has 1 aliphatic heterocycles. The number of fused-ring (bicyclic) bond motifs is 1. The van der Waals surface area contributed by atoms with Crippen molar-refractivity contribution in [3.8, 4) is 0 Å². The molecule has 1 fully saturated rings. The molecule has 1 aromatic heterocycles. The van der Waals surface area contributed by atoms with Crippen LogP contribution in [0.15, 0.2) is 66.2 Å². The van der Waals surface area contributed by atoms with Gasteiger partial charge in [-0.25, -0.2) is 4.98 Å². The van der Waals surface area contributed by atoms with Gasteiger partial charge in [-0.15, -0.1) is 0 Å².